The number of carbonyl (C=O) groups excluding carboxylic acids is 3. The van der Waals surface area contributed by atoms with Crippen LogP contribution in [0, 0.1) is 5.92 Å². The molecule has 0 radical (unpaired) electrons. The third-order valence-corrected chi connectivity index (χ3v) is 5.41. The van der Waals surface area contributed by atoms with Gasteiger partial charge in [-0.3, -0.25) is 14.4 Å². The van der Waals surface area contributed by atoms with Gasteiger partial charge >= 0.3 is 0 Å². The second kappa shape index (κ2) is 8.41. The summed E-state index contributed by atoms with van der Waals surface area (Å²) >= 11 is 0. The molecule has 7 heteroatoms. The lowest BCUT2D eigenvalue weighted by molar-refractivity contribution is -0.143. The van der Waals surface area contributed by atoms with Crippen LogP contribution in [0.15, 0.2) is 24.3 Å². The molecule has 2 aliphatic rings. The molecule has 1 aromatic carbocycles. The van der Waals surface area contributed by atoms with Crippen LogP contribution in [0.1, 0.15) is 32.6 Å². The van der Waals surface area contributed by atoms with Gasteiger partial charge in [-0.1, -0.05) is 0 Å². The quantitative estimate of drug-likeness (QED) is 0.874. The Morgan fingerprint density at radius 3 is 2.44 bits per heavy atom. The molecule has 0 aliphatic carbocycles. The number of anilines is 1. The Kier molecular flexibility index (Phi) is 5.98. The van der Waals surface area contributed by atoms with Gasteiger partial charge in [0, 0.05) is 32.2 Å². The Hall–Kier alpha value is -2.57. The lowest BCUT2D eigenvalue weighted by Gasteiger charge is -2.34. The summed E-state index contributed by atoms with van der Waals surface area (Å²) in [6.07, 6.45) is 3.07. The lowest BCUT2D eigenvalue weighted by atomic mass is 9.96. The van der Waals surface area contributed by atoms with Crippen LogP contribution in [0.3, 0.4) is 0 Å². The van der Waals surface area contributed by atoms with Crippen LogP contribution >= 0.6 is 0 Å². The maximum Gasteiger partial charge on any atom is 0.247 e. The highest BCUT2D eigenvalue weighted by atomic mass is 16.5. The molecule has 146 valence electrons. The van der Waals surface area contributed by atoms with E-state index in [-0.39, 0.29) is 23.6 Å². The number of piperidine rings is 1. The second-order valence-corrected chi connectivity index (χ2v) is 7.21. The number of nitrogens with zero attached hydrogens (tertiary/aromatic N) is 2. The minimum absolute atomic E-state index is 0.00252. The summed E-state index contributed by atoms with van der Waals surface area (Å²) in [7, 11) is 1.59. The first-order valence-corrected chi connectivity index (χ1v) is 9.50. The Morgan fingerprint density at radius 2 is 1.78 bits per heavy atom. The highest BCUT2D eigenvalue weighted by molar-refractivity contribution is 5.98. The van der Waals surface area contributed by atoms with Crippen molar-refractivity contribution < 1.29 is 19.1 Å². The summed E-state index contributed by atoms with van der Waals surface area (Å²) in [5, 5.41) is 2.90. The Labute approximate surface area is 159 Å². The molecule has 3 amide bonds. The van der Waals surface area contributed by atoms with Gasteiger partial charge in [0.1, 0.15) is 11.8 Å². The van der Waals surface area contributed by atoms with Crippen molar-refractivity contribution in [2.45, 2.75) is 38.6 Å². The van der Waals surface area contributed by atoms with E-state index in [0.29, 0.717) is 31.7 Å². The van der Waals surface area contributed by atoms with Crippen molar-refractivity contribution in [2.75, 3.05) is 32.1 Å². The molecule has 2 heterocycles. The average molecular weight is 373 g/mol. The fraction of sp³-hybridized carbons (Fsp3) is 0.550. The van der Waals surface area contributed by atoms with E-state index in [4.69, 9.17) is 4.74 Å². The SMILES string of the molecule is COc1ccc(NC(=O)[C@@H]2CCCN2C(=O)[C@@H]2CCCN(C(C)=O)C2)cc1. The van der Waals surface area contributed by atoms with Crippen molar-refractivity contribution >= 4 is 23.4 Å². The van der Waals surface area contributed by atoms with Crippen molar-refractivity contribution in [3.8, 4) is 5.75 Å². The first kappa shape index (κ1) is 19.2. The van der Waals surface area contributed by atoms with E-state index < -0.39 is 6.04 Å². The van der Waals surface area contributed by atoms with Crippen LogP contribution in [0.5, 0.6) is 5.75 Å². The molecule has 0 saturated carbocycles. The second-order valence-electron chi connectivity index (χ2n) is 7.21. The lowest BCUT2D eigenvalue weighted by Crippen LogP contribution is -2.50. The van der Waals surface area contributed by atoms with Crippen LogP contribution < -0.4 is 10.1 Å². The number of ether oxygens (including phenoxy) is 1. The van der Waals surface area contributed by atoms with Crippen LogP contribution in [0.4, 0.5) is 5.69 Å². The van der Waals surface area contributed by atoms with Crippen LogP contribution in [-0.2, 0) is 14.4 Å². The molecule has 0 aromatic heterocycles. The van der Waals surface area contributed by atoms with Gasteiger partial charge in [0.25, 0.3) is 0 Å². The summed E-state index contributed by atoms with van der Waals surface area (Å²) < 4.78 is 5.12. The number of likely N-dealkylation sites (tertiary alicyclic amines) is 2. The maximum absolute atomic E-state index is 13.0. The summed E-state index contributed by atoms with van der Waals surface area (Å²) in [4.78, 5) is 40.8. The van der Waals surface area contributed by atoms with E-state index in [1.54, 1.807) is 41.2 Å². The van der Waals surface area contributed by atoms with Gasteiger partial charge in [0.2, 0.25) is 17.7 Å². The fourth-order valence-electron chi connectivity index (χ4n) is 3.90. The van der Waals surface area contributed by atoms with E-state index >= 15 is 0 Å². The van der Waals surface area contributed by atoms with E-state index in [9.17, 15) is 14.4 Å². The van der Waals surface area contributed by atoms with Crippen molar-refractivity contribution in [3.63, 3.8) is 0 Å². The smallest absolute Gasteiger partial charge is 0.247 e. The number of nitrogens with one attached hydrogen (secondary N) is 1. The normalized spacial score (nSPS) is 22.4. The molecule has 2 saturated heterocycles. The molecular formula is C20H27N3O4. The maximum atomic E-state index is 13.0. The standard InChI is InChI=1S/C20H27N3O4/c1-14(24)22-11-3-5-15(13-22)20(26)23-12-4-6-18(23)19(25)21-16-7-9-17(27-2)10-8-16/h7-10,15,18H,3-6,11-13H2,1-2H3,(H,21,25)/t15-,18+/m1/s1. The highest BCUT2D eigenvalue weighted by Crippen LogP contribution is 2.26. The van der Waals surface area contributed by atoms with Gasteiger partial charge in [-0.15, -0.1) is 0 Å². The Bertz CT molecular complexity index is 704. The Morgan fingerprint density at radius 1 is 1.07 bits per heavy atom. The average Bonchev–Trinajstić information content (AvgIpc) is 3.18. The topological polar surface area (TPSA) is 79.0 Å². The summed E-state index contributed by atoms with van der Waals surface area (Å²) in [5.74, 6) is 0.344. The predicted octanol–water partition coefficient (Wildman–Crippen LogP) is 1.88. The van der Waals surface area contributed by atoms with Crippen LogP contribution in [0.2, 0.25) is 0 Å². The van der Waals surface area contributed by atoms with Gasteiger partial charge in [-0.05, 0) is 49.9 Å². The fourth-order valence-corrected chi connectivity index (χ4v) is 3.90. The number of rotatable bonds is 4. The number of carbonyl (C=O) groups is 3. The van der Waals surface area contributed by atoms with Crippen molar-refractivity contribution in [2.24, 2.45) is 5.92 Å². The van der Waals surface area contributed by atoms with E-state index in [0.717, 1.165) is 25.0 Å². The summed E-state index contributed by atoms with van der Waals surface area (Å²) in [6.45, 7) is 3.29. The molecule has 2 fully saturated rings. The van der Waals surface area contributed by atoms with Gasteiger partial charge in [-0.25, -0.2) is 0 Å². The minimum atomic E-state index is -0.452. The zero-order chi connectivity index (χ0) is 19.4. The monoisotopic (exact) mass is 373 g/mol. The third kappa shape index (κ3) is 4.40. The molecule has 2 atom stereocenters. The molecule has 3 rings (SSSR count). The first-order chi connectivity index (χ1) is 13.0. The number of methoxy groups -OCH3 is 1. The van der Waals surface area contributed by atoms with E-state index in [2.05, 4.69) is 5.32 Å². The van der Waals surface area contributed by atoms with E-state index in [1.807, 2.05) is 0 Å². The first-order valence-electron chi connectivity index (χ1n) is 9.50. The van der Waals surface area contributed by atoms with Gasteiger partial charge in [-0.2, -0.15) is 0 Å². The van der Waals surface area contributed by atoms with Crippen molar-refractivity contribution in [1.29, 1.82) is 0 Å². The molecule has 1 aromatic rings. The minimum Gasteiger partial charge on any atom is -0.497 e. The predicted molar refractivity (Wildman–Crippen MR) is 101 cm³/mol. The zero-order valence-electron chi connectivity index (χ0n) is 15.9. The van der Waals surface area contributed by atoms with Gasteiger partial charge in [0.15, 0.2) is 0 Å². The summed E-state index contributed by atoms with van der Waals surface area (Å²) in [5.41, 5.74) is 0.681. The molecule has 0 spiro atoms. The molecule has 0 unspecified atom stereocenters. The largest absolute Gasteiger partial charge is 0.497 e. The number of benzene rings is 1. The molecule has 0 bridgehead atoms. The van der Waals surface area contributed by atoms with Gasteiger partial charge in [0.05, 0.1) is 13.0 Å². The number of amides is 3. The van der Waals surface area contributed by atoms with Gasteiger partial charge < -0.3 is 19.9 Å². The van der Waals surface area contributed by atoms with Crippen LogP contribution in [0.25, 0.3) is 0 Å². The van der Waals surface area contributed by atoms with E-state index in [1.165, 1.54) is 6.92 Å². The van der Waals surface area contributed by atoms with Crippen molar-refractivity contribution in [1.82, 2.24) is 9.80 Å². The molecule has 1 N–H and O–H groups in total. The number of hydrogen-bond donors (Lipinski definition) is 1. The molecule has 27 heavy (non-hydrogen) atoms. The number of hydrogen-bond acceptors (Lipinski definition) is 4. The zero-order valence-corrected chi connectivity index (χ0v) is 15.9. The molecular weight excluding hydrogens is 346 g/mol. The van der Waals surface area contributed by atoms with Crippen LogP contribution in [-0.4, -0.2) is 60.3 Å². The highest BCUT2D eigenvalue weighted by Gasteiger charge is 2.38. The Balaban J connectivity index is 1.64. The molecule has 2 aliphatic heterocycles. The van der Waals surface area contributed by atoms with Crippen molar-refractivity contribution in [3.05, 3.63) is 24.3 Å². The third-order valence-electron chi connectivity index (χ3n) is 5.41. The summed E-state index contributed by atoms with van der Waals surface area (Å²) in [6, 6.07) is 6.68. The molecule has 7 nitrogen and oxygen atoms in total.